The van der Waals surface area contributed by atoms with Gasteiger partial charge < -0.3 is 4.74 Å². The molecule has 0 saturated carbocycles. The maximum absolute atomic E-state index is 14.3. The van der Waals surface area contributed by atoms with Crippen molar-refractivity contribution in [2.75, 3.05) is 0 Å². The minimum absolute atomic E-state index is 0.0445. The number of benzene rings is 1. The predicted molar refractivity (Wildman–Crippen MR) is 87.8 cm³/mol. The molecule has 0 N–H and O–H groups in total. The van der Waals surface area contributed by atoms with Gasteiger partial charge in [0.2, 0.25) is 0 Å². The highest BCUT2D eigenvalue weighted by molar-refractivity contribution is 6.32. The highest BCUT2D eigenvalue weighted by Gasteiger charge is 2.19. The van der Waals surface area contributed by atoms with Gasteiger partial charge in [-0.25, -0.2) is 13.8 Å². The second kappa shape index (κ2) is 6.37. The Morgan fingerprint density at radius 3 is 2.39 bits per heavy atom. The molecule has 1 aromatic heterocycles. The molecule has 0 unspecified atom stereocenters. The lowest BCUT2D eigenvalue weighted by atomic mass is 10.2. The molecule has 0 bridgehead atoms. The van der Waals surface area contributed by atoms with Crippen molar-refractivity contribution in [1.29, 1.82) is 0 Å². The van der Waals surface area contributed by atoms with Crippen LogP contribution >= 0.6 is 23.2 Å². The van der Waals surface area contributed by atoms with Crippen molar-refractivity contribution in [3.8, 4) is 11.4 Å². The number of nitrogens with zero attached hydrogens (tertiary/aromatic N) is 2. The molecule has 124 valence electrons. The highest BCUT2D eigenvalue weighted by atomic mass is 35.5. The zero-order valence-corrected chi connectivity index (χ0v) is 14.5. The van der Waals surface area contributed by atoms with E-state index in [2.05, 4.69) is 0 Å². The van der Waals surface area contributed by atoms with Gasteiger partial charge in [0.1, 0.15) is 16.6 Å². The lowest BCUT2D eigenvalue weighted by Crippen LogP contribution is -2.39. The van der Waals surface area contributed by atoms with Crippen LogP contribution in [-0.4, -0.2) is 15.2 Å². The molecule has 0 spiro atoms. The maximum Gasteiger partial charge on any atom is 0.335 e. The largest absolute Gasteiger partial charge is 0.489 e. The topological polar surface area (TPSA) is 53.2 Å². The average molecular weight is 361 g/mol. The zero-order valence-electron chi connectivity index (χ0n) is 13.0. The van der Waals surface area contributed by atoms with Crippen molar-refractivity contribution in [3.63, 3.8) is 0 Å². The van der Waals surface area contributed by atoms with Crippen molar-refractivity contribution >= 4 is 23.2 Å². The number of ether oxygens (including phenoxy) is 1. The molecule has 0 aliphatic carbocycles. The van der Waals surface area contributed by atoms with E-state index in [9.17, 15) is 14.0 Å². The first-order valence-electron chi connectivity index (χ1n) is 6.79. The second-order valence-corrected chi connectivity index (χ2v) is 6.07. The van der Waals surface area contributed by atoms with Gasteiger partial charge in [-0.2, -0.15) is 0 Å². The number of rotatable bonds is 3. The first kappa shape index (κ1) is 17.6. The Labute approximate surface area is 141 Å². The predicted octanol–water partition coefficient (Wildman–Crippen LogP) is 3.08. The van der Waals surface area contributed by atoms with E-state index in [0.29, 0.717) is 10.3 Å². The molecule has 2 aromatic rings. The SMILES string of the molecule is Cc1c(Cl)c(=O)n(-c2cc(OC(C)C)c(Cl)cc2F)c(=O)n1C. The Hall–Kier alpha value is -1.79. The Bertz CT molecular complexity index is 851. The quantitative estimate of drug-likeness (QED) is 0.844. The summed E-state index contributed by atoms with van der Waals surface area (Å²) in [5.74, 6) is -0.658. The third-order valence-corrected chi connectivity index (χ3v) is 4.03. The molecule has 0 aliphatic rings. The molecule has 0 amide bonds. The van der Waals surface area contributed by atoms with Gasteiger partial charge in [0.25, 0.3) is 5.56 Å². The summed E-state index contributed by atoms with van der Waals surface area (Å²) in [6, 6.07) is 2.21. The summed E-state index contributed by atoms with van der Waals surface area (Å²) < 4.78 is 21.6. The summed E-state index contributed by atoms with van der Waals surface area (Å²) in [5.41, 5.74) is -1.49. The van der Waals surface area contributed by atoms with Gasteiger partial charge in [0.05, 0.1) is 16.8 Å². The smallest absolute Gasteiger partial charge is 0.335 e. The van der Waals surface area contributed by atoms with Gasteiger partial charge in [-0.1, -0.05) is 23.2 Å². The van der Waals surface area contributed by atoms with Crippen LogP contribution in [0.15, 0.2) is 21.7 Å². The van der Waals surface area contributed by atoms with E-state index >= 15 is 0 Å². The minimum atomic E-state index is -0.828. The molecule has 5 nitrogen and oxygen atoms in total. The standard InChI is InChI=1S/C15H15Cl2FN2O3/c1-7(2)23-12-6-11(10(18)5-9(12)16)20-14(21)13(17)8(3)19(4)15(20)22/h5-7H,1-4H3. The Balaban J connectivity index is 2.83. The fraction of sp³-hybridized carbons (Fsp3) is 0.333. The molecule has 0 atom stereocenters. The molecular formula is C15H15Cl2FN2O3. The van der Waals surface area contributed by atoms with E-state index in [4.69, 9.17) is 27.9 Å². The van der Waals surface area contributed by atoms with E-state index in [0.717, 1.165) is 6.07 Å². The van der Waals surface area contributed by atoms with Gasteiger partial charge >= 0.3 is 5.69 Å². The van der Waals surface area contributed by atoms with Crippen molar-refractivity contribution in [1.82, 2.24) is 9.13 Å². The van der Waals surface area contributed by atoms with Crippen LogP contribution in [0.25, 0.3) is 5.69 Å². The van der Waals surface area contributed by atoms with Crippen LogP contribution in [0.1, 0.15) is 19.5 Å². The summed E-state index contributed by atoms with van der Waals surface area (Å²) >= 11 is 11.9. The monoisotopic (exact) mass is 360 g/mol. The fourth-order valence-corrected chi connectivity index (χ4v) is 2.43. The molecule has 0 fully saturated rings. The first-order chi connectivity index (χ1) is 10.6. The number of halogens is 3. The van der Waals surface area contributed by atoms with Gasteiger partial charge in [-0.15, -0.1) is 0 Å². The Kier molecular flexibility index (Phi) is 4.87. The van der Waals surface area contributed by atoms with Crippen molar-refractivity contribution in [2.24, 2.45) is 7.05 Å². The van der Waals surface area contributed by atoms with Gasteiger partial charge in [0, 0.05) is 18.8 Å². The van der Waals surface area contributed by atoms with Crippen LogP contribution in [0.5, 0.6) is 5.75 Å². The Morgan fingerprint density at radius 2 is 1.83 bits per heavy atom. The molecular weight excluding hydrogens is 346 g/mol. The summed E-state index contributed by atoms with van der Waals surface area (Å²) in [7, 11) is 1.44. The van der Waals surface area contributed by atoms with Crippen LogP contribution in [0, 0.1) is 12.7 Å². The van der Waals surface area contributed by atoms with Gasteiger partial charge in [-0.3, -0.25) is 9.36 Å². The van der Waals surface area contributed by atoms with Crippen LogP contribution in [0.3, 0.4) is 0 Å². The molecule has 1 heterocycles. The summed E-state index contributed by atoms with van der Waals surface area (Å²) in [4.78, 5) is 24.7. The van der Waals surface area contributed by atoms with E-state index in [-0.39, 0.29) is 27.6 Å². The van der Waals surface area contributed by atoms with Crippen LogP contribution in [0.4, 0.5) is 4.39 Å². The lowest BCUT2D eigenvalue weighted by Gasteiger charge is -2.15. The maximum atomic E-state index is 14.3. The highest BCUT2D eigenvalue weighted by Crippen LogP contribution is 2.29. The molecule has 1 aromatic carbocycles. The number of aromatic nitrogens is 2. The first-order valence-corrected chi connectivity index (χ1v) is 7.55. The van der Waals surface area contributed by atoms with E-state index in [1.165, 1.54) is 24.6 Å². The van der Waals surface area contributed by atoms with Crippen molar-refractivity contribution < 1.29 is 9.13 Å². The number of hydrogen-bond donors (Lipinski definition) is 0. The van der Waals surface area contributed by atoms with E-state index < -0.39 is 17.1 Å². The minimum Gasteiger partial charge on any atom is -0.489 e. The Morgan fingerprint density at radius 1 is 1.22 bits per heavy atom. The van der Waals surface area contributed by atoms with Crippen LogP contribution in [-0.2, 0) is 7.05 Å². The summed E-state index contributed by atoms with van der Waals surface area (Å²) in [6.45, 7) is 5.07. The molecule has 23 heavy (non-hydrogen) atoms. The average Bonchev–Trinajstić information content (AvgIpc) is 2.47. The van der Waals surface area contributed by atoms with Gasteiger partial charge in [0.15, 0.2) is 0 Å². The lowest BCUT2D eigenvalue weighted by molar-refractivity contribution is 0.242. The van der Waals surface area contributed by atoms with Crippen molar-refractivity contribution in [3.05, 3.63) is 54.5 Å². The molecule has 0 radical (unpaired) electrons. The zero-order chi connectivity index (χ0) is 17.5. The fourth-order valence-electron chi connectivity index (χ4n) is 2.03. The summed E-state index contributed by atoms with van der Waals surface area (Å²) in [5, 5.41) is -0.115. The third-order valence-electron chi connectivity index (χ3n) is 3.29. The molecule has 8 heteroatoms. The molecule has 2 rings (SSSR count). The van der Waals surface area contributed by atoms with E-state index in [1.807, 2.05) is 0 Å². The van der Waals surface area contributed by atoms with Gasteiger partial charge in [-0.05, 0) is 26.8 Å². The third kappa shape index (κ3) is 3.14. The molecule has 0 saturated heterocycles. The van der Waals surface area contributed by atoms with Crippen molar-refractivity contribution in [2.45, 2.75) is 26.9 Å². The normalized spacial score (nSPS) is 11.1. The molecule has 0 aliphatic heterocycles. The van der Waals surface area contributed by atoms with E-state index in [1.54, 1.807) is 13.8 Å². The summed E-state index contributed by atoms with van der Waals surface area (Å²) in [6.07, 6.45) is -0.216. The van der Waals surface area contributed by atoms with Crippen LogP contribution < -0.4 is 16.0 Å². The number of hydrogen-bond acceptors (Lipinski definition) is 3. The second-order valence-electron chi connectivity index (χ2n) is 5.28. The van der Waals surface area contributed by atoms with Crippen LogP contribution in [0.2, 0.25) is 10.0 Å².